The standard InChI is InChI=1S/C8H16N2O6S/c1-17(15,16)3-2-5(9)7(12)10-4-6(11)8(13)14/h5-6,11H,2-4,9H2,1H3,(H,10,12)(H,13,14)/t5?,6-/m0/s1. The Morgan fingerprint density at radius 1 is 1.41 bits per heavy atom. The zero-order chi connectivity index (χ0) is 13.6. The minimum Gasteiger partial charge on any atom is -0.479 e. The molecule has 0 aromatic heterocycles. The molecule has 5 N–H and O–H groups in total. The number of hydrogen-bond donors (Lipinski definition) is 4. The molecular formula is C8H16N2O6S. The lowest BCUT2D eigenvalue weighted by Crippen LogP contribution is -2.45. The van der Waals surface area contributed by atoms with Gasteiger partial charge in [-0.2, -0.15) is 0 Å². The van der Waals surface area contributed by atoms with Crippen LogP contribution in [0.3, 0.4) is 0 Å². The molecule has 2 atom stereocenters. The van der Waals surface area contributed by atoms with E-state index in [1.807, 2.05) is 0 Å². The van der Waals surface area contributed by atoms with E-state index in [0.29, 0.717) is 0 Å². The maximum Gasteiger partial charge on any atom is 0.334 e. The third kappa shape index (κ3) is 7.66. The van der Waals surface area contributed by atoms with Gasteiger partial charge in [-0.15, -0.1) is 0 Å². The number of aliphatic hydroxyl groups excluding tert-OH is 1. The number of rotatable bonds is 7. The molecule has 0 saturated heterocycles. The van der Waals surface area contributed by atoms with E-state index in [0.717, 1.165) is 6.26 Å². The summed E-state index contributed by atoms with van der Waals surface area (Å²) in [4.78, 5) is 21.5. The summed E-state index contributed by atoms with van der Waals surface area (Å²) in [6.45, 7) is -0.471. The van der Waals surface area contributed by atoms with E-state index >= 15 is 0 Å². The van der Waals surface area contributed by atoms with Gasteiger partial charge in [-0.25, -0.2) is 13.2 Å². The zero-order valence-corrected chi connectivity index (χ0v) is 10.1. The molecule has 17 heavy (non-hydrogen) atoms. The van der Waals surface area contributed by atoms with Crippen LogP contribution in [-0.4, -0.2) is 61.2 Å². The molecule has 0 saturated carbocycles. The number of carbonyl (C=O) groups excluding carboxylic acids is 1. The van der Waals surface area contributed by atoms with Gasteiger partial charge < -0.3 is 21.3 Å². The van der Waals surface area contributed by atoms with Crippen molar-refractivity contribution in [2.45, 2.75) is 18.6 Å². The number of nitrogens with one attached hydrogen (secondary N) is 1. The first-order chi connectivity index (χ1) is 7.63. The highest BCUT2D eigenvalue weighted by Crippen LogP contribution is 1.94. The minimum absolute atomic E-state index is 0.0617. The molecular weight excluding hydrogens is 252 g/mol. The van der Waals surface area contributed by atoms with Crippen molar-refractivity contribution in [2.75, 3.05) is 18.6 Å². The number of hydrogen-bond acceptors (Lipinski definition) is 6. The molecule has 100 valence electrons. The molecule has 1 amide bonds. The third-order valence-electron chi connectivity index (χ3n) is 1.89. The molecule has 0 aromatic rings. The Labute approximate surface area is 98.7 Å². The van der Waals surface area contributed by atoms with E-state index in [1.54, 1.807) is 0 Å². The number of aliphatic hydroxyl groups is 1. The first-order valence-electron chi connectivity index (χ1n) is 4.75. The van der Waals surface area contributed by atoms with Crippen LogP contribution in [0.25, 0.3) is 0 Å². The lowest BCUT2D eigenvalue weighted by Gasteiger charge is -2.12. The largest absolute Gasteiger partial charge is 0.479 e. The Hall–Kier alpha value is -1.19. The van der Waals surface area contributed by atoms with Gasteiger partial charge in [0.15, 0.2) is 6.10 Å². The second-order valence-corrected chi connectivity index (χ2v) is 5.88. The van der Waals surface area contributed by atoms with Crippen LogP contribution < -0.4 is 11.1 Å². The Bertz CT molecular complexity index is 379. The highest BCUT2D eigenvalue weighted by molar-refractivity contribution is 7.90. The summed E-state index contributed by atoms with van der Waals surface area (Å²) in [5.41, 5.74) is 5.38. The molecule has 0 fully saturated rings. The van der Waals surface area contributed by atoms with Crippen LogP contribution in [-0.2, 0) is 19.4 Å². The fourth-order valence-electron chi connectivity index (χ4n) is 0.888. The molecule has 0 heterocycles. The number of nitrogens with two attached hydrogens (primary N) is 1. The van der Waals surface area contributed by atoms with Crippen molar-refractivity contribution in [3.63, 3.8) is 0 Å². The van der Waals surface area contributed by atoms with Gasteiger partial charge in [-0.3, -0.25) is 4.79 Å². The zero-order valence-electron chi connectivity index (χ0n) is 9.29. The van der Waals surface area contributed by atoms with E-state index < -0.39 is 40.4 Å². The SMILES string of the molecule is CS(=O)(=O)CCC(N)C(=O)NC[C@H](O)C(=O)O. The van der Waals surface area contributed by atoms with Crippen molar-refractivity contribution in [2.24, 2.45) is 5.73 Å². The average Bonchev–Trinajstić information content (AvgIpc) is 2.20. The van der Waals surface area contributed by atoms with E-state index in [1.165, 1.54) is 0 Å². The number of carboxylic acid groups (broad SMARTS) is 1. The molecule has 0 aliphatic carbocycles. The van der Waals surface area contributed by atoms with E-state index in [4.69, 9.17) is 15.9 Å². The van der Waals surface area contributed by atoms with Crippen molar-refractivity contribution < 1.29 is 28.2 Å². The quantitative estimate of drug-likeness (QED) is 0.393. The highest BCUT2D eigenvalue weighted by atomic mass is 32.2. The van der Waals surface area contributed by atoms with Gasteiger partial charge in [0.05, 0.1) is 18.3 Å². The summed E-state index contributed by atoms with van der Waals surface area (Å²) in [6, 6.07) is -1.05. The number of carboxylic acids is 1. The fraction of sp³-hybridized carbons (Fsp3) is 0.750. The number of sulfone groups is 1. The topological polar surface area (TPSA) is 147 Å². The number of aliphatic carboxylic acids is 1. The van der Waals surface area contributed by atoms with E-state index in [-0.39, 0.29) is 12.2 Å². The van der Waals surface area contributed by atoms with Gasteiger partial charge in [-0.05, 0) is 6.42 Å². The van der Waals surface area contributed by atoms with Crippen molar-refractivity contribution >= 4 is 21.7 Å². The van der Waals surface area contributed by atoms with Gasteiger partial charge in [0, 0.05) is 6.26 Å². The molecule has 0 rings (SSSR count). The summed E-state index contributed by atoms with van der Waals surface area (Å²) in [6.07, 6.45) is -0.749. The first kappa shape index (κ1) is 15.8. The van der Waals surface area contributed by atoms with Crippen molar-refractivity contribution in [1.29, 1.82) is 0 Å². The summed E-state index contributed by atoms with van der Waals surface area (Å²) in [5.74, 6) is -2.40. The Morgan fingerprint density at radius 3 is 2.35 bits per heavy atom. The molecule has 0 aromatic carbocycles. The lowest BCUT2D eigenvalue weighted by atomic mass is 10.2. The van der Waals surface area contributed by atoms with E-state index in [9.17, 15) is 18.0 Å². The van der Waals surface area contributed by atoms with Gasteiger partial charge in [-0.1, -0.05) is 0 Å². The van der Waals surface area contributed by atoms with Crippen molar-refractivity contribution in [1.82, 2.24) is 5.32 Å². The molecule has 0 aliphatic rings. The molecule has 0 aliphatic heterocycles. The Morgan fingerprint density at radius 2 is 1.94 bits per heavy atom. The second kappa shape index (κ2) is 6.52. The molecule has 1 unspecified atom stereocenters. The molecule has 9 heteroatoms. The van der Waals surface area contributed by atoms with Crippen LogP contribution in [0.1, 0.15) is 6.42 Å². The van der Waals surface area contributed by atoms with Gasteiger partial charge in [0.1, 0.15) is 9.84 Å². The Balaban J connectivity index is 4.03. The van der Waals surface area contributed by atoms with Gasteiger partial charge in [0.2, 0.25) is 5.91 Å². The lowest BCUT2D eigenvalue weighted by molar-refractivity contribution is -0.146. The van der Waals surface area contributed by atoms with Gasteiger partial charge >= 0.3 is 5.97 Å². The first-order valence-corrected chi connectivity index (χ1v) is 6.81. The minimum atomic E-state index is -3.20. The normalized spacial score (nSPS) is 15.0. The number of carbonyl (C=O) groups is 2. The van der Waals surface area contributed by atoms with Crippen LogP contribution >= 0.6 is 0 Å². The van der Waals surface area contributed by atoms with Crippen molar-refractivity contribution in [3.05, 3.63) is 0 Å². The smallest absolute Gasteiger partial charge is 0.334 e. The predicted octanol–water partition coefficient (Wildman–Crippen LogP) is -2.69. The van der Waals surface area contributed by atoms with Crippen LogP contribution in [0.4, 0.5) is 0 Å². The van der Waals surface area contributed by atoms with Crippen LogP contribution in [0.15, 0.2) is 0 Å². The van der Waals surface area contributed by atoms with E-state index in [2.05, 4.69) is 5.32 Å². The van der Waals surface area contributed by atoms with Crippen LogP contribution in [0, 0.1) is 0 Å². The summed E-state index contributed by atoms with van der Waals surface area (Å²) in [5, 5.41) is 19.3. The summed E-state index contributed by atoms with van der Waals surface area (Å²) >= 11 is 0. The molecule has 0 bridgehead atoms. The molecule has 8 nitrogen and oxygen atoms in total. The average molecular weight is 268 g/mol. The predicted molar refractivity (Wildman–Crippen MR) is 59.0 cm³/mol. The Kier molecular flexibility index (Phi) is 6.07. The molecule has 0 spiro atoms. The third-order valence-corrected chi connectivity index (χ3v) is 2.87. The maximum absolute atomic E-state index is 11.3. The maximum atomic E-state index is 11.3. The van der Waals surface area contributed by atoms with Crippen molar-refractivity contribution in [3.8, 4) is 0 Å². The summed E-state index contributed by atoms with van der Waals surface area (Å²) in [7, 11) is -3.20. The second-order valence-electron chi connectivity index (χ2n) is 3.62. The van der Waals surface area contributed by atoms with Crippen LogP contribution in [0.5, 0.6) is 0 Å². The summed E-state index contributed by atoms with van der Waals surface area (Å²) < 4.78 is 21.6. The fourth-order valence-corrected chi connectivity index (χ4v) is 1.57. The van der Waals surface area contributed by atoms with Gasteiger partial charge in [0.25, 0.3) is 0 Å². The monoisotopic (exact) mass is 268 g/mol. The highest BCUT2D eigenvalue weighted by Gasteiger charge is 2.19. The van der Waals surface area contributed by atoms with Crippen LogP contribution in [0.2, 0.25) is 0 Å². The molecule has 0 radical (unpaired) electrons. The number of amides is 1.